The Hall–Kier alpha value is -3.92. The van der Waals surface area contributed by atoms with Crippen molar-refractivity contribution in [3.63, 3.8) is 0 Å². The lowest BCUT2D eigenvalue weighted by Gasteiger charge is -2.13. The van der Waals surface area contributed by atoms with E-state index >= 15 is 0 Å². The highest BCUT2D eigenvalue weighted by molar-refractivity contribution is 5.83. The Balaban J connectivity index is 1.55. The molecule has 0 amide bonds. The van der Waals surface area contributed by atoms with E-state index in [2.05, 4.69) is 10.6 Å². The van der Waals surface area contributed by atoms with E-state index in [1.807, 2.05) is 97.1 Å². The standard InChI is InChI=1S/C24H22N4/c25-21-15-17(11-13-23(21)27-19-7-3-1-4-8-19)18-12-14-24(22(26)16-18)28-20-9-5-2-6-10-20/h1-16,27-28H,25-26H2. The van der Waals surface area contributed by atoms with Gasteiger partial charge in [0.05, 0.1) is 22.7 Å². The van der Waals surface area contributed by atoms with Crippen LogP contribution < -0.4 is 22.1 Å². The summed E-state index contributed by atoms with van der Waals surface area (Å²) in [5.41, 5.74) is 19.7. The molecule has 0 atom stereocenters. The van der Waals surface area contributed by atoms with Gasteiger partial charge in [0.25, 0.3) is 0 Å². The smallest absolute Gasteiger partial charge is 0.0618 e. The van der Waals surface area contributed by atoms with Crippen LogP contribution in [0.3, 0.4) is 0 Å². The van der Waals surface area contributed by atoms with E-state index in [4.69, 9.17) is 11.5 Å². The number of para-hydroxylation sites is 2. The second-order valence-electron chi connectivity index (χ2n) is 6.59. The number of anilines is 6. The van der Waals surface area contributed by atoms with Crippen LogP contribution in [-0.2, 0) is 0 Å². The Labute approximate surface area is 164 Å². The third kappa shape index (κ3) is 3.91. The average Bonchev–Trinajstić information content (AvgIpc) is 2.72. The molecule has 4 rings (SSSR count). The molecule has 0 fully saturated rings. The summed E-state index contributed by atoms with van der Waals surface area (Å²) in [7, 11) is 0. The fourth-order valence-electron chi connectivity index (χ4n) is 3.07. The summed E-state index contributed by atoms with van der Waals surface area (Å²) >= 11 is 0. The number of hydrogen-bond acceptors (Lipinski definition) is 4. The van der Waals surface area contributed by atoms with E-state index in [1.54, 1.807) is 0 Å². The van der Waals surface area contributed by atoms with Gasteiger partial charge in [-0.15, -0.1) is 0 Å². The minimum absolute atomic E-state index is 0.686. The van der Waals surface area contributed by atoms with Crippen molar-refractivity contribution in [2.24, 2.45) is 0 Å². The summed E-state index contributed by atoms with van der Waals surface area (Å²) in [6.07, 6.45) is 0. The lowest BCUT2D eigenvalue weighted by Crippen LogP contribution is -1.98. The highest BCUT2D eigenvalue weighted by atomic mass is 14.9. The summed E-state index contributed by atoms with van der Waals surface area (Å²) in [5, 5.41) is 6.68. The van der Waals surface area contributed by atoms with E-state index in [0.29, 0.717) is 11.4 Å². The summed E-state index contributed by atoms with van der Waals surface area (Å²) < 4.78 is 0. The minimum atomic E-state index is 0.686. The van der Waals surface area contributed by atoms with Crippen LogP contribution in [0.15, 0.2) is 97.1 Å². The van der Waals surface area contributed by atoms with Crippen molar-refractivity contribution in [2.75, 3.05) is 22.1 Å². The van der Waals surface area contributed by atoms with Crippen LogP contribution in [0.25, 0.3) is 11.1 Å². The van der Waals surface area contributed by atoms with Gasteiger partial charge in [0.15, 0.2) is 0 Å². The maximum absolute atomic E-state index is 6.27. The Morgan fingerprint density at radius 1 is 0.464 bits per heavy atom. The molecule has 4 aromatic rings. The highest BCUT2D eigenvalue weighted by Crippen LogP contribution is 2.32. The number of rotatable bonds is 5. The van der Waals surface area contributed by atoms with E-state index in [0.717, 1.165) is 33.9 Å². The lowest BCUT2D eigenvalue weighted by molar-refractivity contribution is 1.52. The zero-order valence-corrected chi connectivity index (χ0v) is 15.4. The van der Waals surface area contributed by atoms with Crippen molar-refractivity contribution in [3.8, 4) is 11.1 Å². The van der Waals surface area contributed by atoms with Crippen molar-refractivity contribution in [1.82, 2.24) is 0 Å². The Kier molecular flexibility index (Phi) is 4.85. The van der Waals surface area contributed by atoms with Crippen LogP contribution >= 0.6 is 0 Å². The molecule has 0 spiro atoms. The summed E-state index contributed by atoms with van der Waals surface area (Å²) in [5.74, 6) is 0. The van der Waals surface area contributed by atoms with Crippen LogP contribution in [0.2, 0.25) is 0 Å². The molecule has 6 N–H and O–H groups in total. The van der Waals surface area contributed by atoms with Crippen molar-refractivity contribution in [1.29, 1.82) is 0 Å². The molecule has 0 aliphatic rings. The van der Waals surface area contributed by atoms with Gasteiger partial charge >= 0.3 is 0 Å². The predicted molar refractivity (Wildman–Crippen MR) is 120 cm³/mol. The number of hydrogen-bond donors (Lipinski definition) is 4. The first kappa shape index (κ1) is 17.5. The van der Waals surface area contributed by atoms with Crippen LogP contribution in [-0.4, -0.2) is 0 Å². The Morgan fingerprint density at radius 3 is 1.21 bits per heavy atom. The second kappa shape index (κ2) is 7.76. The van der Waals surface area contributed by atoms with Gasteiger partial charge in [-0.2, -0.15) is 0 Å². The van der Waals surface area contributed by atoms with E-state index < -0.39 is 0 Å². The Bertz CT molecular complexity index is 987. The predicted octanol–water partition coefficient (Wildman–Crippen LogP) is 6.01. The van der Waals surface area contributed by atoms with Gasteiger partial charge in [0.1, 0.15) is 0 Å². The molecule has 4 nitrogen and oxygen atoms in total. The zero-order chi connectivity index (χ0) is 19.3. The highest BCUT2D eigenvalue weighted by Gasteiger charge is 2.06. The van der Waals surface area contributed by atoms with Crippen LogP contribution in [0.1, 0.15) is 0 Å². The van der Waals surface area contributed by atoms with Gasteiger partial charge in [-0.3, -0.25) is 0 Å². The van der Waals surface area contributed by atoms with Gasteiger partial charge in [0, 0.05) is 11.4 Å². The van der Waals surface area contributed by atoms with Gasteiger partial charge in [-0.25, -0.2) is 0 Å². The maximum Gasteiger partial charge on any atom is 0.0618 e. The average molecular weight is 366 g/mol. The summed E-state index contributed by atoms with van der Waals surface area (Å²) in [6, 6.07) is 31.9. The summed E-state index contributed by atoms with van der Waals surface area (Å²) in [6.45, 7) is 0. The quantitative estimate of drug-likeness (QED) is 0.327. The maximum atomic E-state index is 6.27. The molecular weight excluding hydrogens is 344 g/mol. The number of nitrogens with one attached hydrogen (secondary N) is 2. The molecule has 0 bridgehead atoms. The first-order chi connectivity index (χ1) is 13.7. The first-order valence-corrected chi connectivity index (χ1v) is 9.12. The van der Waals surface area contributed by atoms with E-state index in [9.17, 15) is 0 Å². The number of nitrogens with two attached hydrogens (primary N) is 2. The van der Waals surface area contributed by atoms with Gasteiger partial charge in [-0.1, -0.05) is 48.5 Å². The molecule has 4 heteroatoms. The third-order valence-electron chi connectivity index (χ3n) is 4.54. The summed E-state index contributed by atoms with van der Waals surface area (Å²) in [4.78, 5) is 0. The molecule has 0 saturated heterocycles. The molecule has 4 aromatic carbocycles. The monoisotopic (exact) mass is 366 g/mol. The molecular formula is C24H22N4. The fraction of sp³-hybridized carbons (Fsp3) is 0. The second-order valence-corrected chi connectivity index (χ2v) is 6.59. The molecule has 0 saturated carbocycles. The molecule has 0 aliphatic heterocycles. The van der Waals surface area contributed by atoms with E-state index in [-0.39, 0.29) is 0 Å². The van der Waals surface area contributed by atoms with Gasteiger partial charge < -0.3 is 22.1 Å². The van der Waals surface area contributed by atoms with Crippen molar-refractivity contribution in [3.05, 3.63) is 97.1 Å². The SMILES string of the molecule is Nc1cc(-c2ccc(Nc3ccccc3)c(N)c2)ccc1Nc1ccccc1. The topological polar surface area (TPSA) is 76.1 Å². The molecule has 138 valence electrons. The lowest BCUT2D eigenvalue weighted by atomic mass is 10.0. The number of benzene rings is 4. The first-order valence-electron chi connectivity index (χ1n) is 9.12. The normalized spacial score (nSPS) is 10.4. The molecule has 0 unspecified atom stereocenters. The van der Waals surface area contributed by atoms with E-state index in [1.165, 1.54) is 0 Å². The van der Waals surface area contributed by atoms with Crippen LogP contribution in [0, 0.1) is 0 Å². The third-order valence-corrected chi connectivity index (χ3v) is 4.54. The fourth-order valence-corrected chi connectivity index (χ4v) is 3.07. The van der Waals surface area contributed by atoms with Gasteiger partial charge in [-0.05, 0) is 59.7 Å². The number of nitrogen functional groups attached to an aromatic ring is 2. The van der Waals surface area contributed by atoms with Crippen LogP contribution in [0.5, 0.6) is 0 Å². The van der Waals surface area contributed by atoms with Crippen molar-refractivity contribution >= 4 is 34.1 Å². The van der Waals surface area contributed by atoms with Gasteiger partial charge in [0.2, 0.25) is 0 Å². The molecule has 0 aliphatic carbocycles. The van der Waals surface area contributed by atoms with Crippen LogP contribution in [0.4, 0.5) is 34.1 Å². The molecule has 0 heterocycles. The zero-order valence-electron chi connectivity index (χ0n) is 15.4. The largest absolute Gasteiger partial charge is 0.397 e. The molecule has 28 heavy (non-hydrogen) atoms. The van der Waals surface area contributed by atoms with Crippen molar-refractivity contribution in [2.45, 2.75) is 0 Å². The molecule has 0 aromatic heterocycles. The molecule has 0 radical (unpaired) electrons. The minimum Gasteiger partial charge on any atom is -0.397 e. The van der Waals surface area contributed by atoms with Crippen molar-refractivity contribution < 1.29 is 0 Å². The Morgan fingerprint density at radius 2 is 0.857 bits per heavy atom.